The molecule has 1 heterocycles. The fourth-order valence-electron chi connectivity index (χ4n) is 2.81. The zero-order valence-corrected chi connectivity index (χ0v) is 15.1. The Labute approximate surface area is 152 Å². The van der Waals surface area contributed by atoms with E-state index >= 15 is 0 Å². The number of carbonyl (C=O) groups excluding carboxylic acids is 1. The zero-order chi connectivity index (χ0) is 18.7. The minimum atomic E-state index is -0.410. The van der Waals surface area contributed by atoms with Gasteiger partial charge in [-0.15, -0.1) is 0 Å². The number of ether oxygens (including phenoxy) is 1. The molecule has 0 aliphatic rings. The fraction of sp³-hybridized carbons (Fsp3) is 0.238. The number of fused-ring (bicyclic) bond motifs is 1. The molecule has 26 heavy (non-hydrogen) atoms. The number of nitrogens with zero attached hydrogens (tertiary/aromatic N) is 2. The number of pyridine rings is 1. The van der Waals surface area contributed by atoms with E-state index in [1.807, 2.05) is 32.0 Å². The molecular weight excluding hydrogens is 331 g/mol. The highest BCUT2D eigenvalue weighted by molar-refractivity contribution is 6.06. The topological polar surface area (TPSA) is 42.4 Å². The summed E-state index contributed by atoms with van der Waals surface area (Å²) in [6, 6.07) is 13.9. The van der Waals surface area contributed by atoms with Crippen molar-refractivity contribution >= 4 is 16.8 Å². The van der Waals surface area contributed by atoms with Crippen molar-refractivity contribution in [3.8, 4) is 5.75 Å². The molecule has 1 aromatic heterocycles. The summed E-state index contributed by atoms with van der Waals surface area (Å²) in [4.78, 5) is 19.0. The van der Waals surface area contributed by atoms with Crippen LogP contribution in [-0.2, 0) is 0 Å². The molecule has 0 unspecified atom stereocenters. The zero-order valence-electron chi connectivity index (χ0n) is 15.1. The van der Waals surface area contributed by atoms with Gasteiger partial charge in [-0.05, 0) is 44.2 Å². The lowest BCUT2D eigenvalue weighted by Gasteiger charge is -2.19. The Kier molecular flexibility index (Phi) is 5.16. The van der Waals surface area contributed by atoms with Gasteiger partial charge in [0.15, 0.2) is 11.6 Å². The van der Waals surface area contributed by atoms with Gasteiger partial charge in [0.2, 0.25) is 0 Å². The highest BCUT2D eigenvalue weighted by Gasteiger charge is 2.16. The number of carbonyl (C=O) groups is 1. The number of aryl methyl sites for hydroxylation is 2. The van der Waals surface area contributed by atoms with Crippen LogP contribution in [0.4, 0.5) is 4.39 Å². The van der Waals surface area contributed by atoms with Crippen LogP contribution in [0.1, 0.15) is 21.6 Å². The van der Waals surface area contributed by atoms with E-state index in [2.05, 4.69) is 4.98 Å². The first kappa shape index (κ1) is 17.9. The summed E-state index contributed by atoms with van der Waals surface area (Å²) in [7, 11) is 1.71. The van der Waals surface area contributed by atoms with Crippen molar-refractivity contribution in [1.82, 2.24) is 9.88 Å². The van der Waals surface area contributed by atoms with Crippen LogP contribution in [0.15, 0.2) is 48.5 Å². The fourth-order valence-corrected chi connectivity index (χ4v) is 2.81. The highest BCUT2D eigenvalue weighted by Crippen LogP contribution is 2.21. The van der Waals surface area contributed by atoms with Gasteiger partial charge >= 0.3 is 0 Å². The molecule has 0 atom stereocenters. The monoisotopic (exact) mass is 352 g/mol. The number of rotatable bonds is 5. The molecule has 0 radical (unpaired) electrons. The maximum absolute atomic E-state index is 13.6. The van der Waals surface area contributed by atoms with Gasteiger partial charge in [-0.3, -0.25) is 9.78 Å². The van der Waals surface area contributed by atoms with E-state index in [0.717, 1.165) is 22.2 Å². The third-order valence-electron chi connectivity index (χ3n) is 4.19. The third kappa shape index (κ3) is 3.82. The molecule has 4 nitrogen and oxygen atoms in total. The average molecular weight is 352 g/mol. The van der Waals surface area contributed by atoms with Crippen LogP contribution >= 0.6 is 0 Å². The Hall–Kier alpha value is -2.95. The van der Waals surface area contributed by atoms with Crippen LogP contribution in [0.3, 0.4) is 0 Å². The number of hydrogen-bond donors (Lipinski definition) is 0. The number of likely N-dealkylation sites (N-methyl/N-ethyl adjacent to an activating group) is 1. The highest BCUT2D eigenvalue weighted by atomic mass is 19.1. The second-order valence-electron chi connectivity index (χ2n) is 6.34. The Balaban J connectivity index is 1.75. The normalized spacial score (nSPS) is 10.8. The predicted molar refractivity (Wildman–Crippen MR) is 100 cm³/mol. The molecule has 0 spiro atoms. The molecule has 0 saturated heterocycles. The summed E-state index contributed by atoms with van der Waals surface area (Å²) >= 11 is 0. The molecule has 134 valence electrons. The van der Waals surface area contributed by atoms with Gasteiger partial charge in [-0.25, -0.2) is 4.39 Å². The lowest BCUT2D eigenvalue weighted by Crippen LogP contribution is -2.31. The van der Waals surface area contributed by atoms with Crippen molar-refractivity contribution < 1.29 is 13.9 Å². The van der Waals surface area contributed by atoms with Crippen LogP contribution in [0.25, 0.3) is 10.9 Å². The second-order valence-corrected chi connectivity index (χ2v) is 6.34. The van der Waals surface area contributed by atoms with E-state index in [1.54, 1.807) is 36.2 Å². The largest absolute Gasteiger partial charge is 0.489 e. The average Bonchev–Trinajstić information content (AvgIpc) is 2.62. The number of benzene rings is 2. The third-order valence-corrected chi connectivity index (χ3v) is 4.19. The Morgan fingerprint density at radius 3 is 2.69 bits per heavy atom. The molecular formula is C21H21FN2O2. The molecule has 0 saturated carbocycles. The van der Waals surface area contributed by atoms with Gasteiger partial charge in [0.25, 0.3) is 5.91 Å². The van der Waals surface area contributed by atoms with Crippen molar-refractivity contribution in [2.45, 2.75) is 13.8 Å². The quantitative estimate of drug-likeness (QED) is 0.693. The first-order valence-electron chi connectivity index (χ1n) is 8.46. The van der Waals surface area contributed by atoms with Crippen molar-refractivity contribution in [3.63, 3.8) is 0 Å². The number of amides is 1. The van der Waals surface area contributed by atoms with Gasteiger partial charge in [-0.1, -0.05) is 23.8 Å². The van der Waals surface area contributed by atoms with Gasteiger partial charge in [0.1, 0.15) is 6.61 Å². The molecule has 5 heteroatoms. The van der Waals surface area contributed by atoms with E-state index in [9.17, 15) is 9.18 Å². The van der Waals surface area contributed by atoms with E-state index in [0.29, 0.717) is 12.1 Å². The van der Waals surface area contributed by atoms with Crippen LogP contribution in [0, 0.1) is 19.7 Å². The lowest BCUT2D eigenvalue weighted by molar-refractivity contribution is 0.0774. The lowest BCUT2D eigenvalue weighted by atomic mass is 10.0. The summed E-state index contributed by atoms with van der Waals surface area (Å²) in [6.07, 6.45) is 0. The number of halogens is 1. The van der Waals surface area contributed by atoms with Crippen molar-refractivity contribution in [2.75, 3.05) is 20.2 Å². The summed E-state index contributed by atoms with van der Waals surface area (Å²) < 4.78 is 19.0. The SMILES string of the molecule is Cc1ccc2nc(C)cc(C(=O)N(C)CCOc3ccccc3F)c2c1. The summed E-state index contributed by atoms with van der Waals surface area (Å²) in [5.41, 5.74) is 3.28. The first-order chi connectivity index (χ1) is 12.5. The maximum Gasteiger partial charge on any atom is 0.254 e. The summed E-state index contributed by atoms with van der Waals surface area (Å²) in [5, 5.41) is 0.836. The van der Waals surface area contributed by atoms with E-state index < -0.39 is 5.82 Å². The molecule has 1 amide bonds. The summed E-state index contributed by atoms with van der Waals surface area (Å²) in [5.74, 6) is -0.329. The molecule has 0 N–H and O–H groups in total. The van der Waals surface area contributed by atoms with Crippen LogP contribution in [0.2, 0.25) is 0 Å². The Morgan fingerprint density at radius 1 is 1.15 bits per heavy atom. The van der Waals surface area contributed by atoms with Crippen LogP contribution in [-0.4, -0.2) is 36.0 Å². The smallest absolute Gasteiger partial charge is 0.254 e. The Morgan fingerprint density at radius 2 is 1.92 bits per heavy atom. The van der Waals surface area contributed by atoms with Crippen molar-refractivity contribution in [2.24, 2.45) is 0 Å². The second kappa shape index (κ2) is 7.52. The van der Waals surface area contributed by atoms with E-state index in [1.165, 1.54) is 6.07 Å². The molecule has 3 aromatic rings. The van der Waals surface area contributed by atoms with Gasteiger partial charge < -0.3 is 9.64 Å². The van der Waals surface area contributed by atoms with Gasteiger partial charge in [0, 0.05) is 18.1 Å². The van der Waals surface area contributed by atoms with Gasteiger partial charge in [-0.2, -0.15) is 0 Å². The number of aromatic nitrogens is 1. The first-order valence-corrected chi connectivity index (χ1v) is 8.46. The van der Waals surface area contributed by atoms with E-state index in [-0.39, 0.29) is 18.3 Å². The molecule has 0 aliphatic heterocycles. The molecule has 2 aromatic carbocycles. The van der Waals surface area contributed by atoms with Gasteiger partial charge in [0.05, 0.1) is 17.6 Å². The van der Waals surface area contributed by atoms with E-state index in [4.69, 9.17) is 4.74 Å². The molecule has 3 rings (SSSR count). The molecule has 0 aliphatic carbocycles. The minimum absolute atomic E-state index is 0.108. The minimum Gasteiger partial charge on any atom is -0.489 e. The van der Waals surface area contributed by atoms with Crippen molar-refractivity contribution in [3.05, 3.63) is 71.2 Å². The maximum atomic E-state index is 13.6. The predicted octanol–water partition coefficient (Wildman–Crippen LogP) is 4.14. The number of para-hydroxylation sites is 1. The standard InChI is InChI=1S/C21H21FN2O2/c1-14-8-9-19-16(12-14)17(13-15(2)23-19)21(25)24(3)10-11-26-20-7-5-4-6-18(20)22/h4-9,12-13H,10-11H2,1-3H3. The molecule has 0 bridgehead atoms. The summed E-state index contributed by atoms with van der Waals surface area (Å²) in [6.45, 7) is 4.42. The van der Waals surface area contributed by atoms with Crippen LogP contribution in [0.5, 0.6) is 5.75 Å². The van der Waals surface area contributed by atoms with Crippen molar-refractivity contribution in [1.29, 1.82) is 0 Å². The Bertz CT molecular complexity index is 956. The van der Waals surface area contributed by atoms with Crippen LogP contribution < -0.4 is 4.74 Å². The molecule has 0 fully saturated rings. The number of hydrogen-bond acceptors (Lipinski definition) is 3.